The molecule has 1 heterocycles. The summed E-state index contributed by atoms with van der Waals surface area (Å²) in [7, 11) is -3.93. The van der Waals surface area contributed by atoms with Crippen LogP contribution in [0.25, 0.3) is 0 Å². The fourth-order valence-electron chi connectivity index (χ4n) is 3.82. The van der Waals surface area contributed by atoms with E-state index in [1.807, 2.05) is 6.07 Å². The standard InChI is InChI=1S/C16H18N2O4S/c17-10-11-4-3-6-13(8-11)23(21,22)18-14-7-2-1-5-12(14)9-15(18)16(19)20/h3-4,6,8,12,14-15H,1-2,5,7,9H2,(H,19,20). The fraction of sp³-hybridized carbons (Fsp3) is 0.500. The van der Waals surface area contributed by atoms with Gasteiger partial charge < -0.3 is 5.11 Å². The third-order valence-electron chi connectivity index (χ3n) is 4.85. The molecule has 1 saturated heterocycles. The van der Waals surface area contributed by atoms with Gasteiger partial charge >= 0.3 is 5.97 Å². The van der Waals surface area contributed by atoms with Gasteiger partial charge in [0.05, 0.1) is 16.5 Å². The number of aliphatic carboxylic acids is 1. The molecular formula is C16H18N2O4S. The molecule has 6 nitrogen and oxygen atoms in total. The molecule has 0 bridgehead atoms. The summed E-state index contributed by atoms with van der Waals surface area (Å²) in [5, 5.41) is 18.5. The third-order valence-corrected chi connectivity index (χ3v) is 6.78. The van der Waals surface area contributed by atoms with Crippen LogP contribution < -0.4 is 0 Å². The largest absolute Gasteiger partial charge is 0.480 e. The van der Waals surface area contributed by atoms with Gasteiger partial charge in [-0.25, -0.2) is 8.42 Å². The van der Waals surface area contributed by atoms with Crippen molar-refractivity contribution in [3.05, 3.63) is 29.8 Å². The molecule has 2 fully saturated rings. The van der Waals surface area contributed by atoms with Gasteiger partial charge in [0.1, 0.15) is 6.04 Å². The maximum atomic E-state index is 13.0. The molecule has 0 amide bonds. The van der Waals surface area contributed by atoms with E-state index in [1.54, 1.807) is 0 Å². The molecular weight excluding hydrogens is 316 g/mol. The van der Waals surface area contributed by atoms with Crippen LogP contribution in [0, 0.1) is 17.2 Å². The number of carboxylic acids is 1. The van der Waals surface area contributed by atoms with E-state index in [2.05, 4.69) is 0 Å². The molecule has 3 atom stereocenters. The van der Waals surface area contributed by atoms with Gasteiger partial charge in [0, 0.05) is 6.04 Å². The van der Waals surface area contributed by atoms with Crippen LogP contribution in [0.15, 0.2) is 29.2 Å². The van der Waals surface area contributed by atoms with Crippen LogP contribution in [0.4, 0.5) is 0 Å². The molecule has 122 valence electrons. The first kappa shape index (κ1) is 16.0. The highest BCUT2D eigenvalue weighted by molar-refractivity contribution is 7.89. The lowest BCUT2D eigenvalue weighted by molar-refractivity contribution is -0.141. The molecule has 1 aliphatic heterocycles. The zero-order valence-corrected chi connectivity index (χ0v) is 13.4. The molecule has 0 radical (unpaired) electrons. The van der Waals surface area contributed by atoms with Crippen molar-refractivity contribution >= 4 is 16.0 Å². The molecule has 1 N–H and O–H groups in total. The van der Waals surface area contributed by atoms with Crippen molar-refractivity contribution in [3.63, 3.8) is 0 Å². The fourth-order valence-corrected chi connectivity index (χ4v) is 5.74. The number of sulfonamides is 1. The van der Waals surface area contributed by atoms with Crippen molar-refractivity contribution in [3.8, 4) is 6.07 Å². The summed E-state index contributed by atoms with van der Waals surface area (Å²) in [6.07, 6.45) is 3.88. The van der Waals surface area contributed by atoms with Crippen LogP contribution in [-0.2, 0) is 14.8 Å². The van der Waals surface area contributed by atoms with E-state index in [1.165, 1.54) is 28.6 Å². The van der Waals surface area contributed by atoms with Gasteiger partial charge in [-0.05, 0) is 43.4 Å². The zero-order chi connectivity index (χ0) is 16.6. The monoisotopic (exact) mass is 334 g/mol. The summed E-state index contributed by atoms with van der Waals surface area (Å²) >= 11 is 0. The second-order valence-electron chi connectivity index (χ2n) is 6.18. The third kappa shape index (κ3) is 2.73. The van der Waals surface area contributed by atoms with Crippen molar-refractivity contribution in [1.82, 2.24) is 4.31 Å². The number of carbonyl (C=O) groups is 1. The molecule has 23 heavy (non-hydrogen) atoms. The summed E-state index contributed by atoms with van der Waals surface area (Å²) in [5.41, 5.74) is 0.248. The van der Waals surface area contributed by atoms with E-state index < -0.39 is 22.0 Å². The molecule has 1 aromatic rings. The smallest absolute Gasteiger partial charge is 0.322 e. The molecule has 0 spiro atoms. The highest BCUT2D eigenvalue weighted by Crippen LogP contribution is 2.42. The Morgan fingerprint density at radius 1 is 1.30 bits per heavy atom. The predicted molar refractivity (Wildman–Crippen MR) is 82.0 cm³/mol. The van der Waals surface area contributed by atoms with E-state index in [-0.39, 0.29) is 22.4 Å². The van der Waals surface area contributed by atoms with E-state index in [4.69, 9.17) is 5.26 Å². The molecule has 1 saturated carbocycles. The molecule has 2 aliphatic rings. The molecule has 3 rings (SSSR count). The van der Waals surface area contributed by atoms with Crippen molar-refractivity contribution in [2.75, 3.05) is 0 Å². The molecule has 7 heteroatoms. The first-order valence-electron chi connectivity index (χ1n) is 7.71. The number of nitrogens with zero attached hydrogens (tertiary/aromatic N) is 2. The Hall–Kier alpha value is -1.91. The average molecular weight is 334 g/mol. The second kappa shape index (κ2) is 5.95. The maximum Gasteiger partial charge on any atom is 0.322 e. The Labute approximate surface area is 135 Å². The number of hydrogen-bond acceptors (Lipinski definition) is 4. The lowest BCUT2D eigenvalue weighted by atomic mass is 9.85. The van der Waals surface area contributed by atoms with Crippen LogP contribution in [0.5, 0.6) is 0 Å². The van der Waals surface area contributed by atoms with Crippen molar-refractivity contribution in [2.45, 2.75) is 49.1 Å². The topological polar surface area (TPSA) is 98.5 Å². The highest BCUT2D eigenvalue weighted by atomic mass is 32.2. The van der Waals surface area contributed by atoms with Gasteiger partial charge in [-0.1, -0.05) is 18.9 Å². The van der Waals surface area contributed by atoms with Gasteiger partial charge in [0.2, 0.25) is 10.0 Å². The minimum absolute atomic E-state index is 0.00553. The number of benzene rings is 1. The summed E-state index contributed by atoms with van der Waals surface area (Å²) < 4.78 is 27.2. The van der Waals surface area contributed by atoms with E-state index >= 15 is 0 Å². The summed E-state index contributed by atoms with van der Waals surface area (Å²) in [4.78, 5) is 11.6. The average Bonchev–Trinajstić information content (AvgIpc) is 2.95. The molecule has 0 aromatic heterocycles. The number of fused-ring (bicyclic) bond motifs is 1. The Balaban J connectivity index is 2.05. The maximum absolute atomic E-state index is 13.0. The van der Waals surface area contributed by atoms with Crippen LogP contribution in [0.2, 0.25) is 0 Å². The van der Waals surface area contributed by atoms with Crippen molar-refractivity contribution in [2.24, 2.45) is 5.92 Å². The van der Waals surface area contributed by atoms with Crippen LogP contribution >= 0.6 is 0 Å². The van der Waals surface area contributed by atoms with Gasteiger partial charge in [-0.2, -0.15) is 9.57 Å². The Morgan fingerprint density at radius 2 is 2.04 bits per heavy atom. The van der Waals surface area contributed by atoms with E-state index in [0.29, 0.717) is 12.8 Å². The van der Waals surface area contributed by atoms with Crippen molar-refractivity contribution < 1.29 is 18.3 Å². The van der Waals surface area contributed by atoms with E-state index in [0.717, 1.165) is 19.3 Å². The quantitative estimate of drug-likeness (QED) is 0.911. The zero-order valence-electron chi connectivity index (χ0n) is 12.6. The van der Waals surface area contributed by atoms with Crippen molar-refractivity contribution in [1.29, 1.82) is 5.26 Å². The lowest BCUT2D eigenvalue weighted by Crippen LogP contribution is -2.46. The summed E-state index contributed by atoms with van der Waals surface area (Å²) in [6, 6.07) is 6.43. The normalized spacial score (nSPS) is 28.0. The Morgan fingerprint density at radius 3 is 2.74 bits per heavy atom. The SMILES string of the molecule is N#Cc1cccc(S(=O)(=O)N2C(C(=O)O)CC3CCCCC32)c1. The highest BCUT2D eigenvalue weighted by Gasteiger charge is 2.51. The Kier molecular flexibility index (Phi) is 4.13. The summed E-state index contributed by atoms with van der Waals surface area (Å²) in [5.74, 6) is -0.988. The minimum Gasteiger partial charge on any atom is -0.480 e. The van der Waals surface area contributed by atoms with Crippen LogP contribution in [0.1, 0.15) is 37.7 Å². The number of rotatable bonds is 3. The van der Waals surface area contributed by atoms with Gasteiger partial charge in [-0.15, -0.1) is 0 Å². The first-order chi connectivity index (χ1) is 10.9. The lowest BCUT2D eigenvalue weighted by Gasteiger charge is -2.32. The Bertz CT molecular complexity index is 769. The number of carboxylic acid groups (broad SMARTS) is 1. The molecule has 3 unspecified atom stereocenters. The van der Waals surface area contributed by atoms with E-state index in [9.17, 15) is 18.3 Å². The second-order valence-corrected chi connectivity index (χ2v) is 8.02. The minimum atomic E-state index is -3.93. The van der Waals surface area contributed by atoms with Gasteiger partial charge in [0.25, 0.3) is 0 Å². The first-order valence-corrected chi connectivity index (χ1v) is 9.15. The number of hydrogen-bond donors (Lipinski definition) is 1. The van der Waals surface area contributed by atoms with Gasteiger partial charge in [-0.3, -0.25) is 4.79 Å². The molecule has 1 aliphatic carbocycles. The predicted octanol–water partition coefficient (Wildman–Crippen LogP) is 1.96. The van der Waals surface area contributed by atoms with Crippen LogP contribution in [0.3, 0.4) is 0 Å². The van der Waals surface area contributed by atoms with Crippen LogP contribution in [-0.4, -0.2) is 35.9 Å². The molecule has 1 aromatic carbocycles. The number of nitriles is 1. The summed E-state index contributed by atoms with van der Waals surface area (Å²) in [6.45, 7) is 0. The van der Waals surface area contributed by atoms with Gasteiger partial charge in [0.15, 0.2) is 0 Å².